The van der Waals surface area contributed by atoms with Crippen LogP contribution in [-0.4, -0.2) is 30.4 Å². The zero-order valence-corrected chi connectivity index (χ0v) is 18.2. The third-order valence-corrected chi connectivity index (χ3v) is 5.35. The smallest absolute Gasteiger partial charge is 0.315 e. The van der Waals surface area contributed by atoms with E-state index in [-0.39, 0.29) is 24.2 Å². The van der Waals surface area contributed by atoms with Crippen molar-refractivity contribution >= 4 is 23.5 Å². The number of rotatable bonds is 9. The predicted molar refractivity (Wildman–Crippen MR) is 120 cm³/mol. The van der Waals surface area contributed by atoms with Crippen molar-refractivity contribution in [1.82, 2.24) is 16.0 Å². The maximum Gasteiger partial charge on any atom is 0.315 e. The van der Waals surface area contributed by atoms with E-state index in [1.165, 1.54) is 12.1 Å². The lowest BCUT2D eigenvalue weighted by atomic mass is 10.1. The first kappa shape index (κ1) is 23.2. The van der Waals surface area contributed by atoms with Crippen LogP contribution in [0.3, 0.4) is 0 Å². The van der Waals surface area contributed by atoms with Crippen LogP contribution in [0.2, 0.25) is 0 Å². The van der Waals surface area contributed by atoms with Crippen molar-refractivity contribution in [3.63, 3.8) is 0 Å². The van der Waals surface area contributed by atoms with Crippen LogP contribution in [0.5, 0.6) is 0 Å². The summed E-state index contributed by atoms with van der Waals surface area (Å²) in [5, 5.41) is 8.26. The van der Waals surface area contributed by atoms with Crippen LogP contribution in [0.1, 0.15) is 43.7 Å². The molecule has 1 fully saturated rings. The number of halogens is 1. The zero-order valence-electron chi connectivity index (χ0n) is 18.2. The maximum absolute atomic E-state index is 13.0. The average molecular weight is 441 g/mol. The Morgan fingerprint density at radius 2 is 1.62 bits per heavy atom. The van der Waals surface area contributed by atoms with Gasteiger partial charge in [-0.15, -0.1) is 0 Å². The van der Waals surface area contributed by atoms with Crippen LogP contribution in [-0.2, 0) is 22.7 Å². The monoisotopic (exact) mass is 440 g/mol. The molecule has 1 atom stereocenters. The Kier molecular flexibility index (Phi) is 8.19. The van der Waals surface area contributed by atoms with Gasteiger partial charge in [-0.05, 0) is 48.2 Å². The third-order valence-electron chi connectivity index (χ3n) is 5.35. The van der Waals surface area contributed by atoms with Gasteiger partial charge in [0.1, 0.15) is 11.9 Å². The molecular formula is C24H29FN4O3. The maximum atomic E-state index is 13.0. The molecule has 0 unspecified atom stereocenters. The number of amides is 4. The van der Waals surface area contributed by atoms with Gasteiger partial charge in [-0.3, -0.25) is 9.59 Å². The Morgan fingerprint density at radius 1 is 1.00 bits per heavy atom. The van der Waals surface area contributed by atoms with Gasteiger partial charge in [-0.25, -0.2) is 9.18 Å². The van der Waals surface area contributed by atoms with E-state index in [1.54, 1.807) is 17.0 Å². The van der Waals surface area contributed by atoms with E-state index in [0.29, 0.717) is 19.4 Å². The molecule has 3 N–H and O–H groups in total. The SMILES string of the molecule is CCC[C@H](NC(=O)NCc1ccc(F)cc1)C(=O)NCc1ccc(N2CCCC2=O)cc1. The van der Waals surface area contributed by atoms with Crippen LogP contribution in [0, 0.1) is 5.82 Å². The second-order valence-electron chi connectivity index (χ2n) is 7.83. The molecule has 0 bridgehead atoms. The van der Waals surface area contributed by atoms with Gasteiger partial charge in [0.05, 0.1) is 0 Å². The summed E-state index contributed by atoms with van der Waals surface area (Å²) >= 11 is 0. The van der Waals surface area contributed by atoms with Gasteiger partial charge in [0.15, 0.2) is 0 Å². The predicted octanol–water partition coefficient (Wildman–Crippen LogP) is 3.24. The van der Waals surface area contributed by atoms with Crippen molar-refractivity contribution < 1.29 is 18.8 Å². The fourth-order valence-electron chi connectivity index (χ4n) is 3.58. The first-order valence-electron chi connectivity index (χ1n) is 10.9. The number of benzene rings is 2. The summed E-state index contributed by atoms with van der Waals surface area (Å²) in [6, 6.07) is 12.3. The molecule has 4 amide bonds. The van der Waals surface area contributed by atoms with Crippen LogP contribution in [0.15, 0.2) is 48.5 Å². The van der Waals surface area contributed by atoms with E-state index in [4.69, 9.17) is 0 Å². The summed E-state index contributed by atoms with van der Waals surface area (Å²) in [5.74, 6) is -0.461. The highest BCUT2D eigenvalue weighted by Crippen LogP contribution is 2.21. The Balaban J connectivity index is 1.48. The van der Waals surface area contributed by atoms with Crippen molar-refractivity contribution in [3.05, 3.63) is 65.5 Å². The molecule has 1 heterocycles. The molecule has 8 heteroatoms. The molecule has 0 saturated carbocycles. The molecule has 3 rings (SSSR count). The topological polar surface area (TPSA) is 90.5 Å². The molecule has 170 valence electrons. The first-order valence-corrected chi connectivity index (χ1v) is 10.9. The zero-order chi connectivity index (χ0) is 22.9. The highest BCUT2D eigenvalue weighted by molar-refractivity contribution is 5.95. The van der Waals surface area contributed by atoms with Crippen molar-refractivity contribution in [2.75, 3.05) is 11.4 Å². The van der Waals surface area contributed by atoms with Gasteiger partial charge in [-0.1, -0.05) is 37.6 Å². The molecule has 1 aliphatic rings. The normalized spacial score (nSPS) is 14.2. The summed E-state index contributed by atoms with van der Waals surface area (Å²) < 4.78 is 13.0. The van der Waals surface area contributed by atoms with Crippen molar-refractivity contribution in [2.45, 2.75) is 51.7 Å². The van der Waals surface area contributed by atoms with E-state index >= 15 is 0 Å². The van der Waals surface area contributed by atoms with Crippen molar-refractivity contribution in [3.8, 4) is 0 Å². The third kappa shape index (κ3) is 6.54. The largest absolute Gasteiger partial charge is 0.350 e. The number of nitrogens with zero attached hydrogens (tertiary/aromatic N) is 1. The molecule has 1 saturated heterocycles. The molecule has 0 aliphatic carbocycles. The van der Waals surface area contributed by atoms with Crippen LogP contribution in [0.4, 0.5) is 14.9 Å². The van der Waals surface area contributed by atoms with E-state index in [2.05, 4.69) is 16.0 Å². The molecule has 32 heavy (non-hydrogen) atoms. The second-order valence-corrected chi connectivity index (χ2v) is 7.83. The minimum Gasteiger partial charge on any atom is -0.350 e. The number of nitrogens with one attached hydrogen (secondary N) is 3. The number of hydrogen-bond acceptors (Lipinski definition) is 3. The van der Waals surface area contributed by atoms with E-state index in [0.717, 1.165) is 36.2 Å². The van der Waals surface area contributed by atoms with Gasteiger partial charge in [0.25, 0.3) is 0 Å². The van der Waals surface area contributed by atoms with Crippen LogP contribution < -0.4 is 20.9 Å². The Labute approximate surface area is 187 Å². The molecule has 0 aromatic heterocycles. The highest BCUT2D eigenvalue weighted by Gasteiger charge is 2.22. The number of hydrogen-bond donors (Lipinski definition) is 3. The minimum absolute atomic E-state index is 0.136. The minimum atomic E-state index is -0.658. The number of urea groups is 1. The van der Waals surface area contributed by atoms with Crippen molar-refractivity contribution in [1.29, 1.82) is 0 Å². The molecule has 0 radical (unpaired) electrons. The molecule has 7 nitrogen and oxygen atoms in total. The fourth-order valence-corrected chi connectivity index (χ4v) is 3.58. The van der Waals surface area contributed by atoms with E-state index in [1.807, 2.05) is 31.2 Å². The molecule has 2 aromatic rings. The Morgan fingerprint density at radius 3 is 2.22 bits per heavy atom. The lowest BCUT2D eigenvalue weighted by Gasteiger charge is -2.19. The van der Waals surface area contributed by atoms with E-state index < -0.39 is 12.1 Å². The summed E-state index contributed by atoms with van der Waals surface area (Å²) in [6.45, 7) is 3.24. The summed E-state index contributed by atoms with van der Waals surface area (Å²) in [6.07, 6.45) is 2.70. The lowest BCUT2D eigenvalue weighted by Crippen LogP contribution is -2.49. The van der Waals surface area contributed by atoms with E-state index in [9.17, 15) is 18.8 Å². The number of carbonyl (C=O) groups is 3. The fraction of sp³-hybridized carbons (Fsp3) is 0.375. The quantitative estimate of drug-likeness (QED) is 0.559. The second kappa shape index (κ2) is 11.3. The number of anilines is 1. The van der Waals surface area contributed by atoms with Gasteiger partial charge >= 0.3 is 6.03 Å². The summed E-state index contributed by atoms with van der Waals surface area (Å²) in [7, 11) is 0. The van der Waals surface area contributed by atoms with Crippen LogP contribution in [0.25, 0.3) is 0 Å². The molecule has 2 aromatic carbocycles. The number of carbonyl (C=O) groups excluding carboxylic acids is 3. The molecular weight excluding hydrogens is 411 g/mol. The lowest BCUT2D eigenvalue weighted by molar-refractivity contribution is -0.123. The summed E-state index contributed by atoms with van der Waals surface area (Å²) in [4.78, 5) is 38.5. The molecule has 0 spiro atoms. The average Bonchev–Trinajstić information content (AvgIpc) is 3.23. The molecule has 1 aliphatic heterocycles. The Hall–Kier alpha value is -3.42. The summed E-state index contributed by atoms with van der Waals surface area (Å²) in [5.41, 5.74) is 2.54. The van der Waals surface area contributed by atoms with Gasteiger partial charge < -0.3 is 20.9 Å². The van der Waals surface area contributed by atoms with Gasteiger partial charge in [0.2, 0.25) is 11.8 Å². The standard InChI is InChI=1S/C24H29FN4O3/c1-2-4-21(28-24(32)27-16-17-6-10-19(25)11-7-17)23(31)26-15-18-8-12-20(13-9-18)29-14-3-5-22(29)30/h6-13,21H,2-5,14-16H2,1H3,(H,26,31)(H2,27,28,32)/t21-/m0/s1. The van der Waals surface area contributed by atoms with Gasteiger partial charge in [0, 0.05) is 31.7 Å². The highest BCUT2D eigenvalue weighted by atomic mass is 19.1. The Bertz CT molecular complexity index is 931. The van der Waals surface area contributed by atoms with Gasteiger partial charge in [-0.2, -0.15) is 0 Å². The van der Waals surface area contributed by atoms with Crippen LogP contribution >= 0.6 is 0 Å². The van der Waals surface area contributed by atoms with Crippen molar-refractivity contribution in [2.24, 2.45) is 0 Å². The first-order chi connectivity index (χ1) is 15.5.